The van der Waals surface area contributed by atoms with Gasteiger partial charge in [0.25, 0.3) is 0 Å². The largest absolute Gasteiger partial charge is 0.416 e. The molecule has 5 rings (SSSR count). The molecule has 0 bridgehead atoms. The van der Waals surface area contributed by atoms with Crippen LogP contribution < -0.4 is 10.2 Å². The fourth-order valence-corrected chi connectivity index (χ4v) is 4.48. The number of fused-ring (bicyclic) bond motifs is 1. The van der Waals surface area contributed by atoms with Gasteiger partial charge in [0.2, 0.25) is 5.91 Å². The summed E-state index contributed by atoms with van der Waals surface area (Å²) in [7, 11) is 0. The highest BCUT2D eigenvalue weighted by Crippen LogP contribution is 2.30. The quantitative estimate of drug-likeness (QED) is 0.436. The second-order valence-electron chi connectivity index (χ2n) is 9.04. The Hall–Kier alpha value is -3.95. The highest BCUT2D eigenvalue weighted by Gasteiger charge is 2.31. The van der Waals surface area contributed by atoms with Crippen molar-refractivity contribution < 1.29 is 18.0 Å². The van der Waals surface area contributed by atoms with Crippen LogP contribution in [0.2, 0.25) is 0 Å². The fraction of sp³-hybridized carbons (Fsp3) is 0.308. The van der Waals surface area contributed by atoms with Crippen LogP contribution in [0.1, 0.15) is 29.5 Å². The van der Waals surface area contributed by atoms with Gasteiger partial charge in [-0.25, -0.2) is 14.6 Å². The second-order valence-corrected chi connectivity index (χ2v) is 9.04. The summed E-state index contributed by atoms with van der Waals surface area (Å²) in [6, 6.07) is 13.0. The Balaban J connectivity index is 1.30. The number of rotatable bonds is 5. The minimum atomic E-state index is -4.42. The molecule has 1 saturated heterocycles. The summed E-state index contributed by atoms with van der Waals surface area (Å²) in [4.78, 5) is 23.8. The van der Waals surface area contributed by atoms with Crippen LogP contribution in [-0.4, -0.2) is 38.7 Å². The smallest absolute Gasteiger partial charge is 0.355 e. The summed E-state index contributed by atoms with van der Waals surface area (Å²) in [6.45, 7) is 3.26. The molecule has 1 aliphatic rings. The summed E-state index contributed by atoms with van der Waals surface area (Å²) < 4.78 is 40.7. The number of nitrogens with zero attached hydrogens (tertiary/aromatic N) is 5. The Labute approximate surface area is 206 Å². The van der Waals surface area contributed by atoms with E-state index in [9.17, 15) is 18.0 Å². The molecule has 0 spiro atoms. The van der Waals surface area contributed by atoms with Gasteiger partial charge in [0.15, 0.2) is 5.65 Å². The van der Waals surface area contributed by atoms with Crippen molar-refractivity contribution in [3.8, 4) is 5.69 Å². The molecule has 1 atom stereocenters. The van der Waals surface area contributed by atoms with Crippen LogP contribution in [-0.2, 0) is 17.5 Å². The van der Waals surface area contributed by atoms with Crippen molar-refractivity contribution in [1.29, 1.82) is 0 Å². The van der Waals surface area contributed by atoms with Crippen LogP contribution in [0.15, 0.2) is 61.1 Å². The molecule has 0 saturated carbocycles. The number of hydrogen-bond donors (Lipinski definition) is 1. The lowest BCUT2D eigenvalue weighted by Crippen LogP contribution is -2.43. The number of alkyl halides is 3. The number of aromatic nitrogens is 4. The first-order chi connectivity index (χ1) is 17.3. The number of aryl methyl sites for hydroxylation is 1. The van der Waals surface area contributed by atoms with Crippen LogP contribution in [0.5, 0.6) is 0 Å². The monoisotopic (exact) mass is 494 g/mol. The number of benzene rings is 2. The first-order valence-corrected chi connectivity index (χ1v) is 11.7. The Kier molecular flexibility index (Phi) is 6.34. The fourth-order valence-electron chi connectivity index (χ4n) is 4.48. The van der Waals surface area contributed by atoms with E-state index in [1.54, 1.807) is 10.7 Å². The second kappa shape index (κ2) is 9.60. The van der Waals surface area contributed by atoms with Crippen molar-refractivity contribution in [3.63, 3.8) is 0 Å². The average Bonchev–Trinajstić information content (AvgIpc) is 3.32. The number of carbonyl (C=O) groups is 1. The van der Waals surface area contributed by atoms with E-state index in [2.05, 4.69) is 25.3 Å². The van der Waals surface area contributed by atoms with Gasteiger partial charge in [-0.1, -0.05) is 29.8 Å². The van der Waals surface area contributed by atoms with Crippen LogP contribution >= 0.6 is 0 Å². The van der Waals surface area contributed by atoms with Crippen molar-refractivity contribution in [3.05, 3.63) is 77.7 Å². The molecule has 7 nitrogen and oxygen atoms in total. The molecular formula is C26H25F3N6O. The Morgan fingerprint density at radius 1 is 1.14 bits per heavy atom. The van der Waals surface area contributed by atoms with E-state index in [0.29, 0.717) is 30.0 Å². The highest BCUT2D eigenvalue weighted by atomic mass is 19.4. The van der Waals surface area contributed by atoms with Gasteiger partial charge in [0.05, 0.1) is 22.6 Å². The number of nitrogens with one attached hydrogen (secondary N) is 1. The van der Waals surface area contributed by atoms with Crippen molar-refractivity contribution in [2.45, 2.75) is 32.5 Å². The summed E-state index contributed by atoms with van der Waals surface area (Å²) >= 11 is 0. The molecule has 3 heterocycles. The predicted octanol–water partition coefficient (Wildman–Crippen LogP) is 4.68. The molecule has 10 heteroatoms. The van der Waals surface area contributed by atoms with Gasteiger partial charge in [0, 0.05) is 25.8 Å². The molecule has 2 aromatic heterocycles. The molecule has 36 heavy (non-hydrogen) atoms. The third-order valence-corrected chi connectivity index (χ3v) is 6.41. The van der Waals surface area contributed by atoms with Gasteiger partial charge in [0.1, 0.15) is 12.1 Å². The summed E-state index contributed by atoms with van der Waals surface area (Å²) in [5, 5.41) is 8.19. The maximum Gasteiger partial charge on any atom is 0.416 e. The molecule has 186 valence electrons. The highest BCUT2D eigenvalue weighted by molar-refractivity contribution is 5.87. The number of piperidine rings is 1. The summed E-state index contributed by atoms with van der Waals surface area (Å²) in [6.07, 6.45) is 0.440. The molecular weight excluding hydrogens is 469 g/mol. The van der Waals surface area contributed by atoms with E-state index in [4.69, 9.17) is 0 Å². The number of hydrogen-bond acceptors (Lipinski definition) is 5. The van der Waals surface area contributed by atoms with Crippen molar-refractivity contribution in [2.75, 3.05) is 18.0 Å². The molecule has 1 amide bonds. The summed E-state index contributed by atoms with van der Waals surface area (Å²) in [5.41, 5.74) is 2.32. The van der Waals surface area contributed by atoms with Crippen LogP contribution in [0.4, 0.5) is 19.0 Å². The molecule has 2 aromatic carbocycles. The number of anilines is 1. The van der Waals surface area contributed by atoms with E-state index in [0.717, 1.165) is 41.7 Å². The van der Waals surface area contributed by atoms with Gasteiger partial charge in [-0.2, -0.15) is 13.2 Å². The first-order valence-electron chi connectivity index (χ1n) is 11.7. The molecule has 0 aliphatic carbocycles. The van der Waals surface area contributed by atoms with Gasteiger partial charge in [-0.05, 0) is 49.6 Å². The molecule has 1 N–H and O–H groups in total. The van der Waals surface area contributed by atoms with Crippen molar-refractivity contribution in [1.82, 2.24) is 25.1 Å². The van der Waals surface area contributed by atoms with E-state index in [1.165, 1.54) is 12.4 Å². The molecule has 1 aliphatic heterocycles. The van der Waals surface area contributed by atoms with Gasteiger partial charge >= 0.3 is 6.18 Å². The molecule has 1 fully saturated rings. The topological polar surface area (TPSA) is 75.9 Å². The lowest BCUT2D eigenvalue weighted by molar-refractivity contribution is -0.137. The first kappa shape index (κ1) is 23.8. The average molecular weight is 495 g/mol. The van der Waals surface area contributed by atoms with Crippen molar-refractivity contribution >= 4 is 22.8 Å². The number of halogens is 3. The van der Waals surface area contributed by atoms with Crippen LogP contribution in [0.3, 0.4) is 0 Å². The van der Waals surface area contributed by atoms with Crippen LogP contribution in [0, 0.1) is 12.8 Å². The minimum absolute atomic E-state index is 0.0420. The zero-order valence-corrected chi connectivity index (χ0v) is 19.7. The van der Waals surface area contributed by atoms with Crippen molar-refractivity contribution in [2.24, 2.45) is 5.92 Å². The number of carbonyl (C=O) groups excluding carboxylic acids is 1. The lowest BCUT2D eigenvalue weighted by atomic mass is 9.97. The normalized spacial score (nSPS) is 16.3. The van der Waals surface area contributed by atoms with E-state index in [-0.39, 0.29) is 18.4 Å². The Morgan fingerprint density at radius 2 is 1.94 bits per heavy atom. The summed E-state index contributed by atoms with van der Waals surface area (Å²) in [5.74, 6) is 0.230. The van der Waals surface area contributed by atoms with Gasteiger partial charge in [-0.15, -0.1) is 5.10 Å². The lowest BCUT2D eigenvalue weighted by Gasteiger charge is -2.33. The van der Waals surface area contributed by atoms with Gasteiger partial charge < -0.3 is 10.2 Å². The predicted molar refractivity (Wildman–Crippen MR) is 130 cm³/mol. The van der Waals surface area contributed by atoms with E-state index < -0.39 is 11.7 Å². The zero-order valence-electron chi connectivity index (χ0n) is 19.7. The third kappa shape index (κ3) is 5.02. The Bertz CT molecular complexity index is 1380. The molecule has 0 unspecified atom stereocenters. The van der Waals surface area contributed by atoms with E-state index >= 15 is 0 Å². The third-order valence-electron chi connectivity index (χ3n) is 6.41. The standard InChI is InChI=1S/C26H25F3N6O/c1-17-7-9-21(10-8-17)35-15-22-23(33-35)31-16-32-24(22)34-11-3-5-19(14-34)25(36)30-13-18-4-2-6-20(12-18)26(27,28)29/h2,4,6-10,12,15-16,19H,3,5,11,13-14H2,1H3,(H,30,36)/t19-/m1/s1. The molecule has 0 radical (unpaired) electrons. The number of amides is 1. The maximum atomic E-state index is 13.0. The van der Waals surface area contributed by atoms with E-state index in [1.807, 2.05) is 37.4 Å². The van der Waals surface area contributed by atoms with Crippen LogP contribution in [0.25, 0.3) is 16.7 Å². The minimum Gasteiger partial charge on any atom is -0.355 e. The molecule has 4 aromatic rings. The maximum absolute atomic E-state index is 13.0. The Morgan fingerprint density at radius 3 is 2.72 bits per heavy atom. The zero-order chi connectivity index (χ0) is 25.3. The van der Waals surface area contributed by atoms with Gasteiger partial charge in [-0.3, -0.25) is 4.79 Å². The SMILES string of the molecule is Cc1ccc(-n2cc3c(N4CCC[C@@H](C(=O)NCc5cccc(C(F)(F)F)c5)C4)ncnc3n2)cc1.